The van der Waals surface area contributed by atoms with Gasteiger partial charge in [-0.05, 0) is 71.2 Å². The van der Waals surface area contributed by atoms with Crippen LogP contribution in [0.15, 0.2) is 103 Å². The monoisotopic (exact) mass is 619 g/mol. The molecule has 0 bridgehead atoms. The lowest BCUT2D eigenvalue weighted by atomic mass is 9.92. The van der Waals surface area contributed by atoms with E-state index in [2.05, 4.69) is 34.6 Å². The Balaban J connectivity index is 1.03. The van der Waals surface area contributed by atoms with E-state index in [1.54, 1.807) is 6.20 Å². The van der Waals surface area contributed by atoms with Gasteiger partial charge in [0, 0.05) is 44.7 Å². The van der Waals surface area contributed by atoms with Crippen LogP contribution in [0.2, 0.25) is 0 Å². The predicted octanol–water partition coefficient (Wildman–Crippen LogP) is 5.79. The Hall–Kier alpha value is -4.98. The van der Waals surface area contributed by atoms with Crippen molar-refractivity contribution in [1.29, 1.82) is 0 Å². The van der Waals surface area contributed by atoms with E-state index in [-0.39, 0.29) is 17.7 Å². The molecule has 5 rings (SSSR count). The number of pyridine rings is 1. The zero-order valence-electron chi connectivity index (χ0n) is 26.3. The number of piperidine rings is 1. The first kappa shape index (κ1) is 32.4. The summed E-state index contributed by atoms with van der Waals surface area (Å²) >= 11 is 0. The Bertz CT molecular complexity index is 1550. The molecule has 1 aliphatic rings. The summed E-state index contributed by atoms with van der Waals surface area (Å²) in [6.07, 6.45) is 6.88. The molecule has 0 radical (unpaired) electrons. The average molecular weight is 620 g/mol. The van der Waals surface area contributed by atoms with Crippen LogP contribution < -0.4 is 10.1 Å². The SMILES string of the molecule is COC(=O)[C@H](Cc1ccc(OCc2ccccc2)cc1)NC(=O)CC1CCN(C(=O)CCc2ccc(-c3cccnc3)cc2)CC1. The molecule has 0 unspecified atom stereocenters. The summed E-state index contributed by atoms with van der Waals surface area (Å²) in [6.45, 7) is 1.74. The molecule has 238 valence electrons. The predicted molar refractivity (Wildman–Crippen MR) is 177 cm³/mol. The van der Waals surface area contributed by atoms with Crippen molar-refractivity contribution in [3.8, 4) is 16.9 Å². The fourth-order valence-corrected chi connectivity index (χ4v) is 5.74. The van der Waals surface area contributed by atoms with Crippen molar-refractivity contribution in [2.45, 2.75) is 51.2 Å². The Morgan fingerprint density at radius 2 is 1.57 bits per heavy atom. The highest BCUT2D eigenvalue weighted by atomic mass is 16.5. The number of carbonyl (C=O) groups is 3. The minimum absolute atomic E-state index is 0.140. The molecule has 0 spiro atoms. The molecule has 2 heterocycles. The van der Waals surface area contributed by atoms with Gasteiger partial charge in [-0.2, -0.15) is 0 Å². The van der Waals surface area contributed by atoms with Crippen molar-refractivity contribution in [3.63, 3.8) is 0 Å². The van der Waals surface area contributed by atoms with Crippen LogP contribution in [0.4, 0.5) is 0 Å². The van der Waals surface area contributed by atoms with Crippen LogP contribution in [0, 0.1) is 5.92 Å². The van der Waals surface area contributed by atoms with Gasteiger partial charge in [0.2, 0.25) is 11.8 Å². The second kappa shape index (κ2) is 16.4. The second-order valence-electron chi connectivity index (χ2n) is 11.7. The van der Waals surface area contributed by atoms with Gasteiger partial charge < -0.3 is 19.7 Å². The lowest BCUT2D eigenvalue weighted by Crippen LogP contribution is -2.44. The first-order valence-corrected chi connectivity index (χ1v) is 15.9. The molecule has 46 heavy (non-hydrogen) atoms. The molecule has 1 atom stereocenters. The van der Waals surface area contributed by atoms with Crippen LogP contribution in [0.3, 0.4) is 0 Å². The number of nitrogens with one attached hydrogen (secondary N) is 1. The van der Waals surface area contributed by atoms with Crippen molar-refractivity contribution in [1.82, 2.24) is 15.2 Å². The molecule has 0 aliphatic carbocycles. The molecule has 4 aromatic rings. The molecule has 0 saturated carbocycles. The first-order valence-electron chi connectivity index (χ1n) is 15.9. The number of hydrogen-bond acceptors (Lipinski definition) is 6. The number of carbonyl (C=O) groups excluding carboxylic acids is 3. The highest BCUT2D eigenvalue weighted by molar-refractivity contribution is 5.84. The molecular formula is C38H41N3O5. The van der Waals surface area contributed by atoms with Crippen molar-refractivity contribution in [3.05, 3.63) is 120 Å². The fourth-order valence-electron chi connectivity index (χ4n) is 5.74. The summed E-state index contributed by atoms with van der Waals surface area (Å²) in [7, 11) is 1.33. The van der Waals surface area contributed by atoms with E-state index < -0.39 is 12.0 Å². The lowest BCUT2D eigenvalue weighted by molar-refractivity contribution is -0.145. The maximum absolute atomic E-state index is 13.0. The number of hydrogen-bond donors (Lipinski definition) is 1. The van der Waals surface area contributed by atoms with Crippen LogP contribution in [-0.4, -0.2) is 53.9 Å². The van der Waals surface area contributed by atoms with Gasteiger partial charge in [0.25, 0.3) is 0 Å². The van der Waals surface area contributed by atoms with E-state index >= 15 is 0 Å². The highest BCUT2D eigenvalue weighted by Gasteiger charge is 2.27. The summed E-state index contributed by atoms with van der Waals surface area (Å²) in [4.78, 5) is 44.5. The van der Waals surface area contributed by atoms with Gasteiger partial charge in [0.15, 0.2) is 0 Å². The van der Waals surface area contributed by atoms with Gasteiger partial charge in [-0.15, -0.1) is 0 Å². The summed E-state index contributed by atoms with van der Waals surface area (Å²) < 4.78 is 10.8. The molecule has 1 saturated heterocycles. The molecule has 2 amide bonds. The van der Waals surface area contributed by atoms with Crippen LogP contribution >= 0.6 is 0 Å². The van der Waals surface area contributed by atoms with Crippen LogP contribution in [-0.2, 0) is 38.6 Å². The van der Waals surface area contributed by atoms with E-state index in [1.807, 2.05) is 77.8 Å². The molecule has 1 fully saturated rings. The Labute approximate surface area is 270 Å². The summed E-state index contributed by atoms with van der Waals surface area (Å²) in [5, 5.41) is 2.88. The van der Waals surface area contributed by atoms with E-state index in [0.29, 0.717) is 45.4 Å². The number of methoxy groups -OCH3 is 1. The smallest absolute Gasteiger partial charge is 0.328 e. The van der Waals surface area contributed by atoms with E-state index in [0.717, 1.165) is 46.4 Å². The Kier molecular flexibility index (Phi) is 11.5. The topological polar surface area (TPSA) is 97.8 Å². The molecule has 1 N–H and O–H groups in total. The second-order valence-corrected chi connectivity index (χ2v) is 11.7. The van der Waals surface area contributed by atoms with Crippen molar-refractivity contribution in [2.75, 3.05) is 20.2 Å². The van der Waals surface area contributed by atoms with Crippen molar-refractivity contribution in [2.24, 2.45) is 5.92 Å². The van der Waals surface area contributed by atoms with Gasteiger partial charge in [0.1, 0.15) is 18.4 Å². The third kappa shape index (κ3) is 9.51. The summed E-state index contributed by atoms with van der Waals surface area (Å²) in [6, 6.07) is 28.9. The molecule has 1 aromatic heterocycles. The minimum Gasteiger partial charge on any atom is -0.489 e. The summed E-state index contributed by atoms with van der Waals surface area (Å²) in [5.41, 5.74) is 5.26. The maximum Gasteiger partial charge on any atom is 0.328 e. The van der Waals surface area contributed by atoms with Gasteiger partial charge >= 0.3 is 5.97 Å². The van der Waals surface area contributed by atoms with Crippen LogP contribution in [0.25, 0.3) is 11.1 Å². The first-order chi connectivity index (χ1) is 22.5. The Morgan fingerprint density at radius 1 is 0.848 bits per heavy atom. The molecule has 8 nitrogen and oxygen atoms in total. The number of amides is 2. The quantitative estimate of drug-likeness (QED) is 0.190. The highest BCUT2D eigenvalue weighted by Crippen LogP contribution is 2.23. The number of rotatable bonds is 13. The normalized spacial score (nSPS) is 13.9. The lowest BCUT2D eigenvalue weighted by Gasteiger charge is -2.32. The fraction of sp³-hybridized carbons (Fsp3) is 0.316. The summed E-state index contributed by atoms with van der Waals surface area (Å²) in [5.74, 6) is 0.360. The van der Waals surface area contributed by atoms with Crippen molar-refractivity contribution < 1.29 is 23.9 Å². The van der Waals surface area contributed by atoms with E-state index in [9.17, 15) is 14.4 Å². The maximum atomic E-state index is 13.0. The number of ether oxygens (including phenoxy) is 2. The van der Waals surface area contributed by atoms with Gasteiger partial charge in [-0.25, -0.2) is 4.79 Å². The number of aryl methyl sites for hydroxylation is 1. The number of benzene rings is 3. The Morgan fingerprint density at radius 3 is 2.24 bits per heavy atom. The molecular weight excluding hydrogens is 578 g/mol. The van der Waals surface area contributed by atoms with Crippen molar-refractivity contribution >= 4 is 17.8 Å². The van der Waals surface area contributed by atoms with Crippen LogP contribution in [0.1, 0.15) is 42.4 Å². The van der Waals surface area contributed by atoms with Gasteiger partial charge in [-0.1, -0.05) is 72.8 Å². The van der Waals surface area contributed by atoms with Crippen LogP contribution in [0.5, 0.6) is 5.75 Å². The molecule has 3 aromatic carbocycles. The minimum atomic E-state index is -0.784. The number of aromatic nitrogens is 1. The third-order valence-corrected chi connectivity index (χ3v) is 8.45. The number of esters is 1. The van der Waals surface area contributed by atoms with Gasteiger partial charge in [-0.3, -0.25) is 14.6 Å². The van der Waals surface area contributed by atoms with E-state index in [4.69, 9.17) is 9.47 Å². The third-order valence-electron chi connectivity index (χ3n) is 8.45. The number of likely N-dealkylation sites (tertiary alicyclic amines) is 1. The number of nitrogens with zero attached hydrogens (tertiary/aromatic N) is 2. The zero-order chi connectivity index (χ0) is 32.1. The standard InChI is InChI=1S/C38H41N3O5/c1-45-38(44)35(24-29-11-16-34(17-12-29)46-27-31-6-3-2-4-7-31)40-36(42)25-30-19-22-41(23-20-30)37(43)18-13-28-9-14-32(15-10-28)33-8-5-21-39-26-33/h2-12,14-17,21,26,30,35H,13,18-20,22-25,27H2,1H3,(H,40,42)/t35-/m0/s1. The molecule has 1 aliphatic heterocycles. The van der Waals surface area contributed by atoms with Gasteiger partial charge in [0.05, 0.1) is 7.11 Å². The zero-order valence-corrected chi connectivity index (χ0v) is 26.3. The largest absolute Gasteiger partial charge is 0.489 e. The van der Waals surface area contributed by atoms with E-state index in [1.165, 1.54) is 7.11 Å². The molecule has 8 heteroatoms. The average Bonchev–Trinajstić information content (AvgIpc) is 3.11.